The number of rotatable bonds is 2. The van der Waals surface area contributed by atoms with Gasteiger partial charge in [0.05, 0.1) is 5.54 Å². The molecule has 1 aliphatic heterocycles. The van der Waals surface area contributed by atoms with Gasteiger partial charge in [-0.1, -0.05) is 5.16 Å². The van der Waals surface area contributed by atoms with Crippen LogP contribution in [0.5, 0.6) is 0 Å². The number of nitrogens with zero attached hydrogens (tertiary/aromatic N) is 2. The van der Waals surface area contributed by atoms with Crippen LogP contribution in [0.25, 0.3) is 0 Å². The van der Waals surface area contributed by atoms with Crippen molar-refractivity contribution in [3.63, 3.8) is 0 Å². The van der Waals surface area contributed by atoms with E-state index in [1.54, 1.807) is 0 Å². The Kier molecular flexibility index (Phi) is 2.08. The van der Waals surface area contributed by atoms with Gasteiger partial charge in [-0.05, 0) is 13.8 Å². The number of aromatic nitrogens is 2. The first-order valence-corrected chi connectivity index (χ1v) is 5.43. The largest absolute Gasteiger partial charge is 0.337 e. The Morgan fingerprint density at radius 2 is 2.23 bits per heavy atom. The molecule has 1 fully saturated rings. The Morgan fingerprint density at radius 3 is 2.62 bits per heavy atom. The van der Waals surface area contributed by atoms with Crippen molar-refractivity contribution in [1.29, 1.82) is 0 Å². The first-order chi connectivity index (χ1) is 6.07. The van der Waals surface area contributed by atoms with E-state index in [1.807, 2.05) is 25.6 Å². The third kappa shape index (κ3) is 1.71. The molecule has 0 aromatic carbocycles. The van der Waals surface area contributed by atoms with E-state index in [0.29, 0.717) is 11.8 Å². The average Bonchev–Trinajstić information content (AvgIpc) is 2.29. The van der Waals surface area contributed by atoms with Gasteiger partial charge in [0, 0.05) is 17.4 Å². The zero-order valence-electron chi connectivity index (χ0n) is 7.78. The molecule has 1 aliphatic rings. The second kappa shape index (κ2) is 2.99. The highest BCUT2D eigenvalue weighted by atomic mass is 32.2. The predicted molar refractivity (Wildman–Crippen MR) is 51.6 cm³/mol. The minimum Gasteiger partial charge on any atom is -0.337 e. The van der Waals surface area contributed by atoms with Gasteiger partial charge >= 0.3 is 0 Å². The predicted octanol–water partition coefficient (Wildman–Crippen LogP) is 1.09. The molecule has 0 unspecified atom stereocenters. The number of hydrogen-bond acceptors (Lipinski definition) is 5. The number of nitrogens with two attached hydrogens (primary N) is 1. The van der Waals surface area contributed by atoms with Gasteiger partial charge in [-0.15, -0.1) is 0 Å². The summed E-state index contributed by atoms with van der Waals surface area (Å²) in [4.78, 5) is 4.29. The van der Waals surface area contributed by atoms with Crippen LogP contribution >= 0.6 is 11.8 Å². The molecule has 2 heterocycles. The molecule has 2 N–H and O–H groups in total. The first kappa shape index (κ1) is 9.02. The molecule has 4 nitrogen and oxygen atoms in total. The Balaban J connectivity index is 2.17. The van der Waals surface area contributed by atoms with Crippen LogP contribution in [-0.2, 0) is 5.54 Å². The molecule has 0 aliphatic carbocycles. The second-order valence-electron chi connectivity index (χ2n) is 3.91. The van der Waals surface area contributed by atoms with Crippen molar-refractivity contribution in [2.75, 3.05) is 11.5 Å². The summed E-state index contributed by atoms with van der Waals surface area (Å²) in [5.41, 5.74) is 5.30. The zero-order chi connectivity index (χ0) is 9.47. The lowest BCUT2D eigenvalue weighted by atomic mass is 10.1. The summed E-state index contributed by atoms with van der Waals surface area (Å²) in [7, 11) is 0. The molecule has 0 bridgehead atoms. The fourth-order valence-corrected chi connectivity index (χ4v) is 1.82. The third-order valence-electron chi connectivity index (χ3n) is 2.00. The van der Waals surface area contributed by atoms with E-state index in [2.05, 4.69) is 10.1 Å². The maximum Gasteiger partial charge on any atom is 0.246 e. The third-order valence-corrected chi connectivity index (χ3v) is 3.27. The molecule has 2 rings (SSSR count). The van der Waals surface area contributed by atoms with Crippen molar-refractivity contribution < 1.29 is 4.52 Å². The molecule has 0 spiro atoms. The summed E-state index contributed by atoms with van der Waals surface area (Å²) in [6.45, 7) is 3.72. The smallest absolute Gasteiger partial charge is 0.246 e. The van der Waals surface area contributed by atoms with Crippen molar-refractivity contribution in [3.05, 3.63) is 11.7 Å². The van der Waals surface area contributed by atoms with E-state index in [0.717, 1.165) is 17.3 Å². The van der Waals surface area contributed by atoms with Crippen molar-refractivity contribution >= 4 is 11.8 Å². The van der Waals surface area contributed by atoms with Crippen LogP contribution in [0.4, 0.5) is 0 Å². The fraction of sp³-hybridized carbons (Fsp3) is 0.750. The van der Waals surface area contributed by atoms with E-state index < -0.39 is 5.54 Å². The highest BCUT2D eigenvalue weighted by molar-refractivity contribution is 8.00. The maximum atomic E-state index is 5.83. The Labute approximate surface area is 81.3 Å². The van der Waals surface area contributed by atoms with E-state index in [9.17, 15) is 0 Å². The Hall–Kier alpha value is -0.550. The second-order valence-corrected chi connectivity index (χ2v) is 4.99. The molecule has 0 saturated carbocycles. The van der Waals surface area contributed by atoms with Gasteiger partial charge in [-0.3, -0.25) is 0 Å². The van der Waals surface area contributed by atoms with Crippen molar-refractivity contribution in [3.8, 4) is 0 Å². The monoisotopic (exact) mass is 199 g/mol. The van der Waals surface area contributed by atoms with Crippen LogP contribution in [0.2, 0.25) is 0 Å². The average molecular weight is 199 g/mol. The van der Waals surface area contributed by atoms with Crippen LogP contribution < -0.4 is 5.73 Å². The quantitative estimate of drug-likeness (QED) is 0.772. The first-order valence-electron chi connectivity index (χ1n) is 4.28. The highest BCUT2D eigenvalue weighted by Gasteiger charge is 2.28. The van der Waals surface area contributed by atoms with E-state index in [4.69, 9.17) is 10.3 Å². The fourth-order valence-electron chi connectivity index (χ4n) is 1.05. The number of thioether (sulfide) groups is 1. The zero-order valence-corrected chi connectivity index (χ0v) is 8.60. The standard InChI is InChI=1S/C8H13N3OS/c1-8(2,9)7-10-6(11-12-7)5-3-13-4-5/h5H,3-4,9H2,1-2H3. The molecule has 0 atom stereocenters. The minimum absolute atomic E-state index is 0.477. The SMILES string of the molecule is CC(C)(N)c1nc(C2CSC2)no1. The summed E-state index contributed by atoms with van der Waals surface area (Å²) < 4.78 is 5.09. The molecule has 0 amide bonds. The van der Waals surface area contributed by atoms with Crippen molar-refractivity contribution in [2.45, 2.75) is 25.3 Å². The summed E-state index contributed by atoms with van der Waals surface area (Å²) in [6.07, 6.45) is 0. The van der Waals surface area contributed by atoms with Crippen LogP contribution in [0.3, 0.4) is 0 Å². The van der Waals surface area contributed by atoms with Gasteiger partial charge in [-0.2, -0.15) is 16.7 Å². The molecular formula is C8H13N3OS. The van der Waals surface area contributed by atoms with Gasteiger partial charge in [0.15, 0.2) is 5.82 Å². The lowest BCUT2D eigenvalue weighted by Gasteiger charge is -2.20. The lowest BCUT2D eigenvalue weighted by molar-refractivity contribution is 0.309. The Bertz CT molecular complexity index is 301. The van der Waals surface area contributed by atoms with Crippen LogP contribution in [0, 0.1) is 0 Å². The molecule has 1 aromatic heterocycles. The molecule has 1 saturated heterocycles. The molecule has 5 heteroatoms. The lowest BCUT2D eigenvalue weighted by Crippen LogP contribution is -2.29. The minimum atomic E-state index is -0.526. The summed E-state index contributed by atoms with van der Waals surface area (Å²) in [6, 6.07) is 0. The number of hydrogen-bond donors (Lipinski definition) is 1. The molecule has 13 heavy (non-hydrogen) atoms. The maximum absolute atomic E-state index is 5.83. The summed E-state index contributed by atoms with van der Waals surface area (Å²) in [5, 5.41) is 3.93. The van der Waals surface area contributed by atoms with Gasteiger partial charge in [0.1, 0.15) is 0 Å². The summed E-state index contributed by atoms with van der Waals surface area (Å²) >= 11 is 1.90. The van der Waals surface area contributed by atoms with Crippen molar-refractivity contribution in [2.24, 2.45) is 5.73 Å². The molecule has 1 aromatic rings. The molecule has 72 valence electrons. The van der Waals surface area contributed by atoms with Gasteiger partial charge in [-0.25, -0.2) is 0 Å². The molecule has 0 radical (unpaired) electrons. The normalized spacial score (nSPS) is 18.7. The van der Waals surface area contributed by atoms with E-state index >= 15 is 0 Å². The topological polar surface area (TPSA) is 64.9 Å². The van der Waals surface area contributed by atoms with E-state index in [1.165, 1.54) is 0 Å². The van der Waals surface area contributed by atoms with Gasteiger partial charge in [0.25, 0.3) is 0 Å². The Morgan fingerprint density at radius 1 is 1.54 bits per heavy atom. The molecular weight excluding hydrogens is 186 g/mol. The van der Waals surface area contributed by atoms with E-state index in [-0.39, 0.29) is 0 Å². The van der Waals surface area contributed by atoms with Crippen LogP contribution in [0.15, 0.2) is 4.52 Å². The van der Waals surface area contributed by atoms with Crippen LogP contribution in [-0.4, -0.2) is 21.6 Å². The van der Waals surface area contributed by atoms with Gasteiger partial charge in [0.2, 0.25) is 5.89 Å². The van der Waals surface area contributed by atoms with Gasteiger partial charge < -0.3 is 10.3 Å². The van der Waals surface area contributed by atoms with Crippen molar-refractivity contribution in [1.82, 2.24) is 10.1 Å². The summed E-state index contributed by atoms with van der Waals surface area (Å²) in [5.74, 6) is 4.02. The highest BCUT2D eigenvalue weighted by Crippen LogP contribution is 2.32. The van der Waals surface area contributed by atoms with Crippen LogP contribution in [0.1, 0.15) is 31.5 Å².